The van der Waals surface area contributed by atoms with Crippen molar-refractivity contribution in [3.63, 3.8) is 0 Å². The Morgan fingerprint density at radius 3 is 2.40 bits per heavy atom. The van der Waals surface area contributed by atoms with Gasteiger partial charge in [-0.15, -0.1) is 0 Å². The lowest BCUT2D eigenvalue weighted by Gasteiger charge is -2.37. The van der Waals surface area contributed by atoms with Gasteiger partial charge in [0.25, 0.3) is 20.2 Å². The van der Waals surface area contributed by atoms with Crippen molar-refractivity contribution in [1.29, 1.82) is 0 Å². The average molecular weight is 803 g/mol. The molecule has 2 aromatic rings. The molecule has 286 valence electrons. The Morgan fingerprint density at radius 1 is 0.962 bits per heavy atom. The number of amides is 1. The first-order valence-electron chi connectivity index (χ1n) is 17.4. The highest BCUT2D eigenvalue weighted by Gasteiger charge is 2.29. The second-order valence-electron chi connectivity index (χ2n) is 12.6. The maximum absolute atomic E-state index is 12.5. The number of allylic oxidation sites excluding steroid dienone is 6. The summed E-state index contributed by atoms with van der Waals surface area (Å²) in [7, 11) is -8.08. The highest BCUT2D eigenvalue weighted by Crippen LogP contribution is 2.46. The van der Waals surface area contributed by atoms with Crippen LogP contribution in [0.2, 0.25) is 0 Å². The van der Waals surface area contributed by atoms with Crippen LogP contribution in [0.25, 0.3) is 0 Å². The third-order valence-electron chi connectivity index (χ3n) is 8.73. The summed E-state index contributed by atoms with van der Waals surface area (Å²) in [6, 6.07) is 15.7. The zero-order chi connectivity index (χ0) is 38.0. The molecular formula is C37H46N4O8S4. The Kier molecular flexibility index (Phi) is 14.2. The lowest BCUT2D eigenvalue weighted by atomic mass is 10.1. The minimum atomic E-state index is -4.07. The van der Waals surface area contributed by atoms with E-state index in [4.69, 9.17) is 9.29 Å². The number of ether oxygens (including phenoxy) is 1. The van der Waals surface area contributed by atoms with E-state index in [1.165, 1.54) is 11.8 Å². The molecule has 2 aliphatic heterocycles. The number of thioether (sulfide) groups is 2. The summed E-state index contributed by atoms with van der Waals surface area (Å²) in [5.74, 6) is -0.622. The second-order valence-corrected chi connectivity index (χ2v) is 17.9. The number of anilines is 2. The van der Waals surface area contributed by atoms with Crippen LogP contribution in [-0.2, 0) is 25.0 Å². The zero-order valence-corrected chi connectivity index (χ0v) is 32.9. The van der Waals surface area contributed by atoms with E-state index in [-0.39, 0.29) is 30.4 Å². The van der Waals surface area contributed by atoms with Gasteiger partial charge in [0.05, 0.1) is 28.8 Å². The van der Waals surface area contributed by atoms with E-state index < -0.39 is 20.2 Å². The van der Waals surface area contributed by atoms with Gasteiger partial charge in [-0.2, -0.15) is 16.8 Å². The van der Waals surface area contributed by atoms with Crippen LogP contribution in [0.1, 0.15) is 32.6 Å². The molecule has 12 nitrogen and oxygen atoms in total. The number of nitrogens with one attached hydrogen (secondary N) is 1. The van der Waals surface area contributed by atoms with Crippen LogP contribution in [0.15, 0.2) is 116 Å². The first-order valence-corrected chi connectivity index (χ1v) is 22.3. The van der Waals surface area contributed by atoms with Gasteiger partial charge >= 0.3 is 6.09 Å². The Labute approximate surface area is 321 Å². The molecule has 53 heavy (non-hydrogen) atoms. The van der Waals surface area contributed by atoms with Gasteiger partial charge in [-0.1, -0.05) is 66.5 Å². The summed E-state index contributed by atoms with van der Waals surface area (Å²) < 4.78 is 68.7. The smallest absolute Gasteiger partial charge is 0.409 e. The molecule has 3 N–H and O–H groups in total. The largest absolute Gasteiger partial charge is 0.450 e. The Bertz CT molecular complexity index is 2000. The molecule has 3 aliphatic rings. The highest BCUT2D eigenvalue weighted by atomic mass is 32.2. The van der Waals surface area contributed by atoms with Crippen LogP contribution in [0.5, 0.6) is 0 Å². The molecule has 0 bridgehead atoms. The lowest BCUT2D eigenvalue weighted by Crippen LogP contribution is -2.48. The molecule has 0 spiro atoms. The fourth-order valence-electron chi connectivity index (χ4n) is 6.30. The number of piperazine rings is 1. The van der Waals surface area contributed by atoms with Crippen molar-refractivity contribution in [2.45, 2.75) is 42.4 Å². The molecule has 16 heteroatoms. The number of nitrogens with zero attached hydrogens (tertiary/aromatic N) is 3. The van der Waals surface area contributed by atoms with Crippen LogP contribution in [0.4, 0.5) is 16.2 Å². The minimum Gasteiger partial charge on any atom is -0.450 e. The number of benzene rings is 2. The summed E-state index contributed by atoms with van der Waals surface area (Å²) in [6.45, 7) is 9.62. The SMILES string of the molecule is C=C(/C=C/C1=C(N2CCN(C(=O)OCC)CC2)C(=C/C=C2\Sc3ccccc3N2CCCS(=O)(=O)O)/CC1)Sc1ccccc1NCCCS(=O)(=O)O. The van der Waals surface area contributed by atoms with E-state index >= 15 is 0 Å². The molecule has 1 amide bonds. The average Bonchev–Trinajstić information content (AvgIpc) is 3.69. The normalized spacial score (nSPS) is 18.1. The van der Waals surface area contributed by atoms with Crippen molar-refractivity contribution < 1.29 is 35.5 Å². The van der Waals surface area contributed by atoms with Crippen molar-refractivity contribution in [2.24, 2.45) is 0 Å². The lowest BCUT2D eigenvalue weighted by molar-refractivity contribution is 0.0873. The molecule has 2 heterocycles. The van der Waals surface area contributed by atoms with E-state index in [1.807, 2.05) is 54.6 Å². The Morgan fingerprint density at radius 2 is 1.66 bits per heavy atom. The van der Waals surface area contributed by atoms with Crippen molar-refractivity contribution in [3.8, 4) is 0 Å². The van der Waals surface area contributed by atoms with Crippen molar-refractivity contribution in [2.75, 3.05) is 67.6 Å². The number of hydrogen-bond acceptors (Lipinski definition) is 11. The molecule has 0 aromatic heterocycles. The molecule has 5 rings (SSSR count). The maximum atomic E-state index is 12.5. The molecule has 1 aliphatic carbocycles. The summed E-state index contributed by atoms with van der Waals surface area (Å²) >= 11 is 3.13. The monoisotopic (exact) mass is 802 g/mol. The topological polar surface area (TPSA) is 157 Å². The summed E-state index contributed by atoms with van der Waals surface area (Å²) in [4.78, 5) is 21.5. The van der Waals surface area contributed by atoms with Crippen molar-refractivity contribution in [3.05, 3.63) is 106 Å². The Balaban J connectivity index is 1.37. The number of carbonyl (C=O) groups is 1. The molecule has 2 aromatic carbocycles. The van der Waals surface area contributed by atoms with Crippen LogP contribution in [0, 0.1) is 0 Å². The number of carbonyl (C=O) groups excluding carboxylic acids is 1. The van der Waals surface area contributed by atoms with Gasteiger partial charge in [0, 0.05) is 65.3 Å². The van der Waals surface area contributed by atoms with E-state index in [0.29, 0.717) is 45.9 Å². The predicted molar refractivity (Wildman–Crippen MR) is 213 cm³/mol. The van der Waals surface area contributed by atoms with Gasteiger partial charge in [-0.25, -0.2) is 4.79 Å². The fourth-order valence-corrected chi connectivity index (χ4v) is 9.21. The minimum absolute atomic E-state index is 0.272. The molecule has 1 saturated heterocycles. The number of para-hydroxylation sites is 2. The number of rotatable bonds is 16. The maximum Gasteiger partial charge on any atom is 0.409 e. The molecular weight excluding hydrogens is 757 g/mol. The Hall–Kier alpha value is -3.67. The van der Waals surface area contributed by atoms with Crippen LogP contribution in [0.3, 0.4) is 0 Å². The fraction of sp³-hybridized carbons (Fsp3) is 0.378. The van der Waals surface area contributed by atoms with E-state index in [2.05, 4.69) is 39.9 Å². The molecule has 0 radical (unpaired) electrons. The number of fused-ring (bicyclic) bond motifs is 1. The highest BCUT2D eigenvalue weighted by molar-refractivity contribution is 8.03. The summed E-state index contributed by atoms with van der Waals surface area (Å²) in [6.07, 6.45) is 10.2. The van der Waals surface area contributed by atoms with Crippen molar-refractivity contribution in [1.82, 2.24) is 9.80 Å². The predicted octanol–water partition coefficient (Wildman–Crippen LogP) is 7.02. The standard InChI is InChI=1S/C37H46N4O8S4/c1-3-49-37(42)40-24-22-39(23-25-40)36-29(15-14-28(2)50-33-12-6-4-10-31(33)38-20-8-26-52(43,44)45)16-17-30(36)18-19-35-41(21-9-27-53(46,47)48)32-11-5-7-13-34(32)51-35/h4-7,10-15,18-19,38H,2-3,8-9,16-17,20-27H2,1H3,(H,43,44,45)(H,46,47,48)/b15-14+,30-18+,35-19-. The van der Waals surface area contributed by atoms with Crippen LogP contribution < -0.4 is 10.2 Å². The van der Waals surface area contributed by atoms with E-state index in [1.54, 1.807) is 23.6 Å². The zero-order valence-electron chi connectivity index (χ0n) is 29.6. The van der Waals surface area contributed by atoms with Gasteiger partial charge in [-0.05, 0) is 80.2 Å². The first-order chi connectivity index (χ1) is 25.3. The molecule has 0 saturated carbocycles. The van der Waals surface area contributed by atoms with Gasteiger partial charge in [0.15, 0.2) is 0 Å². The van der Waals surface area contributed by atoms with Crippen molar-refractivity contribution >= 4 is 61.2 Å². The summed E-state index contributed by atoms with van der Waals surface area (Å²) in [5.41, 5.74) is 5.29. The van der Waals surface area contributed by atoms with Gasteiger partial charge < -0.3 is 24.8 Å². The summed E-state index contributed by atoms with van der Waals surface area (Å²) in [5, 5.41) is 4.23. The van der Waals surface area contributed by atoms with Gasteiger partial charge in [0.2, 0.25) is 0 Å². The molecule has 1 fully saturated rings. The van der Waals surface area contributed by atoms with E-state index in [9.17, 15) is 26.2 Å². The quantitative estimate of drug-likeness (QED) is 0.0690. The first kappa shape index (κ1) is 40.5. The third-order valence-corrected chi connectivity index (χ3v) is 12.4. The van der Waals surface area contributed by atoms with Crippen LogP contribution in [-0.4, -0.2) is 99.2 Å². The number of hydrogen-bond donors (Lipinski definition) is 3. The van der Waals surface area contributed by atoms with Gasteiger partial charge in [0.1, 0.15) is 0 Å². The van der Waals surface area contributed by atoms with Gasteiger partial charge in [-0.3, -0.25) is 9.11 Å². The molecule has 0 unspecified atom stereocenters. The third kappa shape index (κ3) is 11.9. The molecule has 0 atom stereocenters. The second kappa shape index (κ2) is 18.6. The van der Waals surface area contributed by atoms with E-state index in [0.717, 1.165) is 60.8 Å². The van der Waals surface area contributed by atoms with Crippen LogP contribution >= 0.6 is 23.5 Å².